The van der Waals surface area contributed by atoms with Crippen molar-refractivity contribution in [3.05, 3.63) is 29.8 Å². The zero-order valence-corrected chi connectivity index (χ0v) is 10.2. The van der Waals surface area contributed by atoms with Crippen molar-refractivity contribution in [1.29, 1.82) is 0 Å². The van der Waals surface area contributed by atoms with Gasteiger partial charge in [-0.15, -0.1) is 0 Å². The van der Waals surface area contributed by atoms with E-state index in [0.29, 0.717) is 5.92 Å². The molecule has 0 bridgehead atoms. The Bertz CT molecular complexity index is 314. The zero-order valence-electron chi connectivity index (χ0n) is 10.2. The fourth-order valence-electron chi connectivity index (χ4n) is 1.40. The second-order valence-electron chi connectivity index (χ2n) is 4.17. The summed E-state index contributed by atoms with van der Waals surface area (Å²) >= 11 is 0. The SMILES string of the molecule is CCC(C)CNCc1ccc(OC(F)F)cc1. The van der Waals surface area contributed by atoms with Crippen molar-refractivity contribution in [3.8, 4) is 5.75 Å². The van der Waals surface area contributed by atoms with Crippen molar-refractivity contribution < 1.29 is 13.5 Å². The van der Waals surface area contributed by atoms with E-state index in [2.05, 4.69) is 23.9 Å². The van der Waals surface area contributed by atoms with Crippen molar-refractivity contribution in [2.75, 3.05) is 6.54 Å². The summed E-state index contributed by atoms with van der Waals surface area (Å²) in [6.07, 6.45) is 1.15. The number of ether oxygens (including phenoxy) is 1. The highest BCUT2D eigenvalue weighted by atomic mass is 19.3. The molecule has 0 aliphatic heterocycles. The number of hydrogen-bond donors (Lipinski definition) is 1. The number of alkyl halides is 2. The van der Waals surface area contributed by atoms with Crippen LogP contribution in [0.25, 0.3) is 0 Å². The maximum atomic E-state index is 11.9. The normalized spacial score (nSPS) is 12.8. The zero-order chi connectivity index (χ0) is 12.7. The lowest BCUT2D eigenvalue weighted by Gasteiger charge is -2.10. The second kappa shape index (κ2) is 7.22. The van der Waals surface area contributed by atoms with Gasteiger partial charge in [-0.1, -0.05) is 32.4 Å². The molecule has 96 valence electrons. The molecule has 0 saturated carbocycles. The molecule has 0 radical (unpaired) electrons. The highest BCUT2D eigenvalue weighted by molar-refractivity contribution is 5.27. The number of rotatable bonds is 7. The molecule has 1 N–H and O–H groups in total. The molecule has 1 atom stereocenters. The lowest BCUT2D eigenvalue weighted by Crippen LogP contribution is -2.20. The molecule has 1 unspecified atom stereocenters. The standard InChI is InChI=1S/C13H19F2NO/c1-3-10(2)8-16-9-11-4-6-12(7-5-11)17-13(14)15/h4-7,10,13,16H,3,8-9H2,1-2H3. The summed E-state index contributed by atoms with van der Waals surface area (Å²) in [5.74, 6) is 0.849. The Morgan fingerprint density at radius 3 is 2.41 bits per heavy atom. The van der Waals surface area contributed by atoms with E-state index in [1.54, 1.807) is 24.3 Å². The van der Waals surface area contributed by atoms with Gasteiger partial charge in [-0.05, 0) is 30.2 Å². The van der Waals surface area contributed by atoms with Crippen LogP contribution in [0.15, 0.2) is 24.3 Å². The average molecular weight is 243 g/mol. The van der Waals surface area contributed by atoms with Gasteiger partial charge in [-0.3, -0.25) is 0 Å². The number of benzene rings is 1. The predicted octanol–water partition coefficient (Wildman–Crippen LogP) is 3.42. The molecule has 17 heavy (non-hydrogen) atoms. The molecule has 1 rings (SSSR count). The van der Waals surface area contributed by atoms with Crippen LogP contribution in [0.4, 0.5) is 8.78 Å². The minimum atomic E-state index is -2.76. The highest BCUT2D eigenvalue weighted by Gasteiger charge is 2.03. The first-order chi connectivity index (χ1) is 8.11. The molecule has 0 fully saturated rings. The molecule has 4 heteroatoms. The van der Waals surface area contributed by atoms with Crippen molar-refractivity contribution in [1.82, 2.24) is 5.32 Å². The second-order valence-corrected chi connectivity index (χ2v) is 4.17. The third-order valence-electron chi connectivity index (χ3n) is 2.67. The number of halogens is 2. The molecule has 0 aromatic heterocycles. The Kier molecular flexibility index (Phi) is 5.91. The van der Waals surface area contributed by atoms with E-state index in [4.69, 9.17) is 0 Å². The first-order valence-electron chi connectivity index (χ1n) is 5.86. The van der Waals surface area contributed by atoms with Crippen molar-refractivity contribution in [2.45, 2.75) is 33.4 Å². The van der Waals surface area contributed by atoms with E-state index in [1.807, 2.05) is 0 Å². The third-order valence-corrected chi connectivity index (χ3v) is 2.67. The maximum absolute atomic E-state index is 11.9. The molecule has 2 nitrogen and oxygen atoms in total. The minimum Gasteiger partial charge on any atom is -0.435 e. The lowest BCUT2D eigenvalue weighted by atomic mass is 10.1. The van der Waals surface area contributed by atoms with Crippen LogP contribution in [0.3, 0.4) is 0 Å². The van der Waals surface area contributed by atoms with Gasteiger partial charge in [0.05, 0.1) is 0 Å². The van der Waals surface area contributed by atoms with Crippen LogP contribution in [-0.2, 0) is 6.54 Å². The van der Waals surface area contributed by atoms with E-state index >= 15 is 0 Å². The summed E-state index contributed by atoms with van der Waals surface area (Å²) in [5, 5.41) is 3.32. The van der Waals surface area contributed by atoms with E-state index in [0.717, 1.165) is 25.1 Å². The number of hydrogen-bond acceptors (Lipinski definition) is 2. The van der Waals surface area contributed by atoms with Crippen LogP contribution < -0.4 is 10.1 Å². The van der Waals surface area contributed by atoms with Gasteiger partial charge in [0, 0.05) is 6.54 Å². The van der Waals surface area contributed by atoms with Crippen LogP contribution >= 0.6 is 0 Å². The maximum Gasteiger partial charge on any atom is 0.387 e. The van der Waals surface area contributed by atoms with Crippen LogP contribution in [-0.4, -0.2) is 13.2 Å². The minimum absolute atomic E-state index is 0.200. The third kappa shape index (κ3) is 5.63. The molecular weight excluding hydrogens is 224 g/mol. The Balaban J connectivity index is 2.35. The first-order valence-corrected chi connectivity index (χ1v) is 5.86. The van der Waals surface area contributed by atoms with Gasteiger partial charge < -0.3 is 10.1 Å². The molecule has 1 aromatic carbocycles. The Labute approximate surface area is 101 Å². The largest absolute Gasteiger partial charge is 0.435 e. The Hall–Kier alpha value is -1.16. The van der Waals surface area contributed by atoms with E-state index < -0.39 is 6.61 Å². The van der Waals surface area contributed by atoms with Gasteiger partial charge in [-0.2, -0.15) is 8.78 Å². The molecule has 0 saturated heterocycles. The average Bonchev–Trinajstić information content (AvgIpc) is 2.30. The predicted molar refractivity (Wildman–Crippen MR) is 64.2 cm³/mol. The fraction of sp³-hybridized carbons (Fsp3) is 0.538. The van der Waals surface area contributed by atoms with Crippen LogP contribution in [0.5, 0.6) is 5.75 Å². The van der Waals surface area contributed by atoms with Crippen molar-refractivity contribution >= 4 is 0 Å². The summed E-state index contributed by atoms with van der Waals surface area (Å²) in [7, 11) is 0. The van der Waals surface area contributed by atoms with Crippen molar-refractivity contribution in [3.63, 3.8) is 0 Å². The molecule has 0 aliphatic rings. The fourth-order valence-corrected chi connectivity index (χ4v) is 1.40. The lowest BCUT2D eigenvalue weighted by molar-refractivity contribution is -0.0498. The van der Waals surface area contributed by atoms with Gasteiger partial charge >= 0.3 is 6.61 Å². The highest BCUT2D eigenvalue weighted by Crippen LogP contribution is 2.14. The molecule has 0 heterocycles. The van der Waals surface area contributed by atoms with Gasteiger partial charge in [0.2, 0.25) is 0 Å². The van der Waals surface area contributed by atoms with E-state index in [-0.39, 0.29) is 5.75 Å². The van der Waals surface area contributed by atoms with Gasteiger partial charge in [0.25, 0.3) is 0 Å². The van der Waals surface area contributed by atoms with Gasteiger partial charge in [0.1, 0.15) is 5.75 Å². The first kappa shape index (κ1) is 13.9. The van der Waals surface area contributed by atoms with E-state index in [1.165, 1.54) is 0 Å². The summed E-state index contributed by atoms with van der Waals surface area (Å²) < 4.78 is 28.1. The van der Waals surface area contributed by atoms with Crippen molar-refractivity contribution in [2.24, 2.45) is 5.92 Å². The summed E-state index contributed by atoms with van der Waals surface area (Å²) in [4.78, 5) is 0. The molecular formula is C13H19F2NO. The molecule has 0 spiro atoms. The topological polar surface area (TPSA) is 21.3 Å². The van der Waals surface area contributed by atoms with Gasteiger partial charge in [0.15, 0.2) is 0 Å². The van der Waals surface area contributed by atoms with Gasteiger partial charge in [-0.25, -0.2) is 0 Å². The smallest absolute Gasteiger partial charge is 0.387 e. The molecule has 0 aliphatic carbocycles. The summed E-state index contributed by atoms with van der Waals surface area (Å²) in [5.41, 5.74) is 1.06. The quantitative estimate of drug-likeness (QED) is 0.792. The molecule has 1 aromatic rings. The Morgan fingerprint density at radius 1 is 1.24 bits per heavy atom. The molecule has 0 amide bonds. The van der Waals surface area contributed by atoms with Crippen LogP contribution in [0.2, 0.25) is 0 Å². The summed E-state index contributed by atoms with van der Waals surface area (Å²) in [6.45, 7) is 3.30. The van der Waals surface area contributed by atoms with E-state index in [9.17, 15) is 8.78 Å². The number of nitrogens with one attached hydrogen (secondary N) is 1. The summed E-state index contributed by atoms with van der Waals surface area (Å²) in [6, 6.07) is 6.71. The Morgan fingerprint density at radius 2 is 1.88 bits per heavy atom. The van der Waals surface area contributed by atoms with Crippen LogP contribution in [0, 0.1) is 5.92 Å². The monoisotopic (exact) mass is 243 g/mol. The van der Waals surface area contributed by atoms with Crippen LogP contribution in [0.1, 0.15) is 25.8 Å².